The van der Waals surface area contributed by atoms with Gasteiger partial charge in [-0.2, -0.15) is 9.97 Å². The van der Waals surface area contributed by atoms with Crippen LogP contribution in [0.1, 0.15) is 128 Å². The maximum atomic E-state index is 11.6. The van der Waals surface area contributed by atoms with Crippen LogP contribution < -0.4 is 16.0 Å². The van der Waals surface area contributed by atoms with Gasteiger partial charge in [0.2, 0.25) is 5.95 Å². The molecule has 1 aliphatic heterocycles. The second kappa shape index (κ2) is 16.4. The predicted octanol–water partition coefficient (Wildman–Crippen LogP) is 7.20. The van der Waals surface area contributed by atoms with Crippen molar-refractivity contribution in [2.24, 2.45) is 17.8 Å². The molecule has 0 amide bonds. The molecule has 1 spiro atoms. The second-order valence-electron chi connectivity index (χ2n) is 14.8. The van der Waals surface area contributed by atoms with Crippen molar-refractivity contribution in [2.45, 2.75) is 134 Å². The number of nitrogen functional groups attached to an aromatic ring is 1. The molecule has 2 heterocycles. The number of hydrogen-bond donors (Lipinski definition) is 4. The van der Waals surface area contributed by atoms with E-state index < -0.39 is 7.60 Å². The standard InChI is InChI=1S/C34H61N6O3P/c35-31-25-32(39-21-22-40(23-24-44(41,42)43)34(27-39)19-9-4-10-20-34)38-33(37-31)36-26-30-17-15-29(16-18-30)14-6-2-1-5-11-28-12-7-3-8-13-28/h25,28-30H,1-24,26-27H2,(H2,41,42,43)(H3,35,36,37,38). The third kappa shape index (κ3) is 10.3. The summed E-state index contributed by atoms with van der Waals surface area (Å²) in [7, 11) is -4.02. The zero-order valence-corrected chi connectivity index (χ0v) is 28.2. The van der Waals surface area contributed by atoms with Crippen LogP contribution in [0.3, 0.4) is 0 Å². The van der Waals surface area contributed by atoms with E-state index in [2.05, 4.69) is 20.1 Å². The molecule has 3 aliphatic carbocycles. The van der Waals surface area contributed by atoms with E-state index >= 15 is 0 Å². The summed E-state index contributed by atoms with van der Waals surface area (Å²) in [5.41, 5.74) is 6.22. The van der Waals surface area contributed by atoms with Gasteiger partial charge in [-0.1, -0.05) is 103 Å². The Morgan fingerprint density at radius 3 is 2.16 bits per heavy atom. The van der Waals surface area contributed by atoms with Gasteiger partial charge in [0.1, 0.15) is 11.6 Å². The number of piperazine rings is 1. The Labute approximate surface area is 266 Å². The molecule has 0 radical (unpaired) electrons. The summed E-state index contributed by atoms with van der Waals surface area (Å²) in [4.78, 5) is 33.2. The number of nitrogens with two attached hydrogens (primary N) is 1. The lowest BCUT2D eigenvalue weighted by molar-refractivity contribution is 0.0432. The van der Waals surface area contributed by atoms with Crippen LogP contribution in [0.2, 0.25) is 0 Å². The highest BCUT2D eigenvalue weighted by Crippen LogP contribution is 2.41. The summed E-state index contributed by atoms with van der Waals surface area (Å²) >= 11 is 0. The van der Waals surface area contributed by atoms with Crippen LogP contribution in [0.25, 0.3) is 0 Å². The average molecular weight is 633 g/mol. The maximum Gasteiger partial charge on any atom is 0.326 e. The Kier molecular flexibility index (Phi) is 12.7. The Morgan fingerprint density at radius 2 is 1.48 bits per heavy atom. The topological polar surface area (TPSA) is 128 Å². The zero-order valence-electron chi connectivity index (χ0n) is 27.3. The molecule has 5 rings (SSSR count). The highest BCUT2D eigenvalue weighted by atomic mass is 31.2. The van der Waals surface area contributed by atoms with Gasteiger partial charge >= 0.3 is 7.60 Å². The Bertz CT molecular complexity index is 1050. The molecule has 1 saturated heterocycles. The van der Waals surface area contributed by atoms with Gasteiger partial charge in [0.05, 0.1) is 6.16 Å². The highest BCUT2D eigenvalue weighted by molar-refractivity contribution is 7.51. The molecule has 1 aromatic rings. The fraction of sp³-hybridized carbons (Fsp3) is 0.882. The maximum absolute atomic E-state index is 11.6. The van der Waals surface area contributed by atoms with E-state index in [4.69, 9.17) is 10.7 Å². The van der Waals surface area contributed by atoms with Crippen molar-refractivity contribution in [1.82, 2.24) is 14.9 Å². The lowest BCUT2D eigenvalue weighted by Crippen LogP contribution is -2.63. The average Bonchev–Trinajstić information content (AvgIpc) is 3.02. The number of unbranched alkanes of at least 4 members (excludes halogenated alkanes) is 3. The molecule has 44 heavy (non-hydrogen) atoms. The lowest BCUT2D eigenvalue weighted by Gasteiger charge is -2.53. The molecule has 10 heteroatoms. The van der Waals surface area contributed by atoms with Crippen molar-refractivity contribution in [3.63, 3.8) is 0 Å². The number of nitrogens with zero attached hydrogens (tertiary/aromatic N) is 4. The normalized spacial score (nSPS) is 25.4. The molecular formula is C34H61N6O3P. The highest BCUT2D eigenvalue weighted by Gasteiger charge is 2.43. The summed E-state index contributed by atoms with van der Waals surface area (Å²) in [6, 6.07) is 1.88. The second-order valence-corrected chi connectivity index (χ2v) is 16.6. The molecule has 4 aliphatic rings. The molecule has 4 fully saturated rings. The van der Waals surface area contributed by atoms with Crippen LogP contribution in [-0.4, -0.2) is 69.1 Å². The van der Waals surface area contributed by atoms with E-state index in [-0.39, 0.29) is 11.7 Å². The van der Waals surface area contributed by atoms with Gasteiger partial charge in [0.25, 0.3) is 0 Å². The molecule has 0 bridgehead atoms. The third-order valence-corrected chi connectivity index (χ3v) is 12.3. The van der Waals surface area contributed by atoms with Gasteiger partial charge in [-0.25, -0.2) is 0 Å². The molecule has 5 N–H and O–H groups in total. The van der Waals surface area contributed by atoms with Crippen LogP contribution >= 0.6 is 7.60 Å². The van der Waals surface area contributed by atoms with E-state index in [9.17, 15) is 14.4 Å². The summed E-state index contributed by atoms with van der Waals surface area (Å²) in [5.74, 6) is 4.59. The van der Waals surface area contributed by atoms with E-state index in [1.165, 1.54) is 103 Å². The summed E-state index contributed by atoms with van der Waals surface area (Å²) < 4.78 is 11.6. The molecular weight excluding hydrogens is 571 g/mol. The van der Waals surface area contributed by atoms with Gasteiger partial charge in [-0.15, -0.1) is 0 Å². The Morgan fingerprint density at radius 1 is 0.841 bits per heavy atom. The first-order valence-electron chi connectivity index (χ1n) is 18.2. The van der Waals surface area contributed by atoms with E-state index in [0.717, 1.165) is 69.5 Å². The van der Waals surface area contributed by atoms with E-state index in [1.54, 1.807) is 0 Å². The van der Waals surface area contributed by atoms with Gasteiger partial charge in [-0.05, 0) is 43.4 Å². The van der Waals surface area contributed by atoms with Crippen LogP contribution in [0.5, 0.6) is 0 Å². The van der Waals surface area contributed by atoms with Crippen molar-refractivity contribution in [2.75, 3.05) is 54.8 Å². The van der Waals surface area contributed by atoms with Crippen LogP contribution in [-0.2, 0) is 4.57 Å². The Hall–Kier alpha value is -1.41. The lowest BCUT2D eigenvalue weighted by atomic mass is 9.78. The molecule has 9 nitrogen and oxygen atoms in total. The van der Waals surface area contributed by atoms with Crippen molar-refractivity contribution in [3.05, 3.63) is 6.07 Å². The van der Waals surface area contributed by atoms with Crippen molar-refractivity contribution in [1.29, 1.82) is 0 Å². The van der Waals surface area contributed by atoms with Gasteiger partial charge in [0, 0.05) is 44.3 Å². The van der Waals surface area contributed by atoms with E-state index in [1.807, 2.05) is 6.07 Å². The Balaban J connectivity index is 1.04. The van der Waals surface area contributed by atoms with Gasteiger partial charge in [0.15, 0.2) is 0 Å². The SMILES string of the molecule is Nc1cc(N2CCN(CCP(=O)(O)O)C3(CCCCC3)C2)nc(NCC2CCC(CCCCCCC3CCCCC3)CC2)n1. The van der Waals surface area contributed by atoms with Crippen LogP contribution in [0.4, 0.5) is 17.6 Å². The number of nitrogens with one attached hydrogen (secondary N) is 1. The first kappa shape index (κ1) is 33.9. The first-order chi connectivity index (χ1) is 21.3. The summed E-state index contributed by atoms with van der Waals surface area (Å²) in [6.07, 6.45) is 26.9. The van der Waals surface area contributed by atoms with Crippen molar-refractivity contribution in [3.8, 4) is 0 Å². The third-order valence-electron chi connectivity index (χ3n) is 11.5. The van der Waals surface area contributed by atoms with E-state index in [0.29, 0.717) is 24.2 Å². The number of rotatable bonds is 14. The minimum Gasteiger partial charge on any atom is -0.383 e. The first-order valence-corrected chi connectivity index (χ1v) is 20.0. The van der Waals surface area contributed by atoms with Crippen molar-refractivity contribution >= 4 is 25.2 Å². The monoisotopic (exact) mass is 632 g/mol. The minimum absolute atomic E-state index is 0.0629. The molecule has 3 saturated carbocycles. The number of aromatic nitrogens is 2. The van der Waals surface area contributed by atoms with Gasteiger partial charge in [-0.3, -0.25) is 9.46 Å². The van der Waals surface area contributed by atoms with Gasteiger partial charge < -0.3 is 25.7 Å². The molecule has 250 valence electrons. The smallest absolute Gasteiger partial charge is 0.326 e. The van der Waals surface area contributed by atoms with Crippen molar-refractivity contribution < 1.29 is 14.4 Å². The zero-order chi connectivity index (χ0) is 30.8. The predicted molar refractivity (Wildman–Crippen MR) is 181 cm³/mol. The quantitative estimate of drug-likeness (QED) is 0.124. The summed E-state index contributed by atoms with van der Waals surface area (Å²) in [5, 5.41) is 3.53. The fourth-order valence-corrected chi connectivity index (χ4v) is 9.34. The number of hydrogen-bond acceptors (Lipinski definition) is 7. The molecule has 0 aromatic carbocycles. The largest absolute Gasteiger partial charge is 0.383 e. The number of anilines is 3. The fourth-order valence-electron chi connectivity index (χ4n) is 8.84. The molecule has 1 aromatic heterocycles. The minimum atomic E-state index is -4.02. The van der Waals surface area contributed by atoms with Crippen LogP contribution in [0.15, 0.2) is 6.07 Å². The molecule has 0 unspecified atom stereocenters. The molecule has 0 atom stereocenters. The van der Waals surface area contributed by atoms with Crippen LogP contribution in [0, 0.1) is 17.8 Å². The summed E-state index contributed by atoms with van der Waals surface area (Å²) in [6.45, 7) is 3.70.